The van der Waals surface area contributed by atoms with E-state index in [0.717, 1.165) is 44.2 Å². The molecule has 1 amide bonds. The van der Waals surface area contributed by atoms with Crippen LogP contribution in [0.1, 0.15) is 6.42 Å². The van der Waals surface area contributed by atoms with Crippen LogP contribution in [-0.2, 0) is 4.79 Å². The molecule has 20 heavy (non-hydrogen) atoms. The van der Waals surface area contributed by atoms with Gasteiger partial charge in [0.1, 0.15) is 5.75 Å². The maximum absolute atomic E-state index is 11.3. The van der Waals surface area contributed by atoms with Crippen molar-refractivity contribution in [2.75, 3.05) is 51.8 Å². The van der Waals surface area contributed by atoms with Gasteiger partial charge in [-0.3, -0.25) is 9.69 Å². The fourth-order valence-electron chi connectivity index (χ4n) is 2.49. The smallest absolute Gasteiger partial charge is 0.221 e. The van der Waals surface area contributed by atoms with Gasteiger partial charge in [-0.2, -0.15) is 0 Å². The van der Waals surface area contributed by atoms with Crippen molar-refractivity contribution in [3.05, 3.63) is 24.3 Å². The van der Waals surface area contributed by atoms with E-state index in [1.807, 2.05) is 18.2 Å². The number of hydrogen-bond acceptors (Lipinski definition) is 4. The van der Waals surface area contributed by atoms with E-state index in [1.165, 1.54) is 0 Å². The molecule has 1 aliphatic rings. The van der Waals surface area contributed by atoms with E-state index in [1.54, 1.807) is 14.2 Å². The average Bonchev–Trinajstić information content (AvgIpc) is 2.53. The molecule has 5 nitrogen and oxygen atoms in total. The van der Waals surface area contributed by atoms with Crippen molar-refractivity contribution in [1.29, 1.82) is 0 Å². The summed E-state index contributed by atoms with van der Waals surface area (Å²) < 4.78 is 5.41. The van der Waals surface area contributed by atoms with Crippen molar-refractivity contribution >= 4 is 11.6 Å². The molecule has 0 spiro atoms. The van der Waals surface area contributed by atoms with E-state index >= 15 is 0 Å². The van der Waals surface area contributed by atoms with Gasteiger partial charge in [0.2, 0.25) is 5.91 Å². The van der Waals surface area contributed by atoms with Crippen molar-refractivity contribution in [1.82, 2.24) is 10.2 Å². The van der Waals surface area contributed by atoms with E-state index in [-0.39, 0.29) is 5.91 Å². The topological polar surface area (TPSA) is 44.8 Å². The number of methoxy groups -OCH3 is 1. The largest absolute Gasteiger partial charge is 0.495 e. The lowest BCUT2D eigenvalue weighted by atomic mass is 10.2. The first-order chi connectivity index (χ1) is 9.74. The third kappa shape index (κ3) is 3.63. The van der Waals surface area contributed by atoms with Gasteiger partial charge in [-0.05, 0) is 12.1 Å². The second-order valence-corrected chi connectivity index (χ2v) is 4.92. The summed E-state index contributed by atoms with van der Waals surface area (Å²) in [6.07, 6.45) is 0.575. The molecule has 0 aliphatic carbocycles. The molecule has 5 heteroatoms. The molecule has 110 valence electrons. The van der Waals surface area contributed by atoms with E-state index in [0.29, 0.717) is 6.42 Å². The summed E-state index contributed by atoms with van der Waals surface area (Å²) in [4.78, 5) is 15.9. The van der Waals surface area contributed by atoms with Gasteiger partial charge < -0.3 is 15.0 Å². The third-order valence-corrected chi connectivity index (χ3v) is 3.73. The van der Waals surface area contributed by atoms with Crippen molar-refractivity contribution in [3.63, 3.8) is 0 Å². The predicted molar refractivity (Wildman–Crippen MR) is 80.3 cm³/mol. The Morgan fingerprint density at radius 2 is 1.95 bits per heavy atom. The molecule has 1 aromatic carbocycles. The zero-order chi connectivity index (χ0) is 14.4. The Balaban J connectivity index is 1.86. The Morgan fingerprint density at radius 1 is 1.25 bits per heavy atom. The van der Waals surface area contributed by atoms with Gasteiger partial charge in [-0.25, -0.2) is 0 Å². The van der Waals surface area contributed by atoms with Gasteiger partial charge in [-0.1, -0.05) is 12.1 Å². The zero-order valence-electron chi connectivity index (χ0n) is 12.3. The fraction of sp³-hybridized carbons (Fsp3) is 0.533. The van der Waals surface area contributed by atoms with Crippen LogP contribution in [0.25, 0.3) is 0 Å². The first-order valence-electron chi connectivity index (χ1n) is 7.05. The van der Waals surface area contributed by atoms with Crippen LogP contribution in [0.15, 0.2) is 24.3 Å². The van der Waals surface area contributed by atoms with Crippen LogP contribution >= 0.6 is 0 Å². The maximum atomic E-state index is 11.3. The van der Waals surface area contributed by atoms with Gasteiger partial charge >= 0.3 is 0 Å². The summed E-state index contributed by atoms with van der Waals surface area (Å²) in [6, 6.07) is 8.12. The van der Waals surface area contributed by atoms with Crippen molar-refractivity contribution in [2.45, 2.75) is 6.42 Å². The van der Waals surface area contributed by atoms with Crippen LogP contribution in [0, 0.1) is 0 Å². The standard InChI is InChI=1S/C15H23N3O2/c1-16-15(19)7-8-17-9-11-18(12-10-17)13-5-3-4-6-14(13)20-2/h3-6H,7-12H2,1-2H3,(H,16,19). The second-order valence-electron chi connectivity index (χ2n) is 4.92. The van der Waals surface area contributed by atoms with E-state index in [2.05, 4.69) is 21.2 Å². The summed E-state index contributed by atoms with van der Waals surface area (Å²) in [7, 11) is 3.39. The quantitative estimate of drug-likeness (QED) is 0.870. The molecule has 0 radical (unpaired) electrons. The molecule has 0 unspecified atom stereocenters. The number of hydrogen-bond donors (Lipinski definition) is 1. The van der Waals surface area contributed by atoms with Gasteiger partial charge in [0.05, 0.1) is 12.8 Å². The van der Waals surface area contributed by atoms with E-state index in [4.69, 9.17) is 4.74 Å². The lowest BCUT2D eigenvalue weighted by molar-refractivity contribution is -0.120. The Kier molecular flexibility index (Phi) is 5.24. The fourth-order valence-corrected chi connectivity index (χ4v) is 2.49. The summed E-state index contributed by atoms with van der Waals surface area (Å²) in [6.45, 7) is 4.73. The highest BCUT2D eigenvalue weighted by Crippen LogP contribution is 2.28. The van der Waals surface area contributed by atoms with Crippen LogP contribution in [0.2, 0.25) is 0 Å². The summed E-state index contributed by atoms with van der Waals surface area (Å²) >= 11 is 0. The first kappa shape index (κ1) is 14.7. The molecule has 1 aliphatic heterocycles. The molecule has 2 rings (SSSR count). The van der Waals surface area contributed by atoms with Gasteiger partial charge in [0, 0.05) is 46.2 Å². The number of carbonyl (C=O) groups is 1. The minimum atomic E-state index is 0.108. The molecule has 1 heterocycles. The second kappa shape index (κ2) is 7.14. The van der Waals surface area contributed by atoms with E-state index < -0.39 is 0 Å². The highest BCUT2D eigenvalue weighted by atomic mass is 16.5. The first-order valence-corrected chi connectivity index (χ1v) is 7.05. The van der Waals surface area contributed by atoms with Gasteiger partial charge in [0.25, 0.3) is 0 Å². The van der Waals surface area contributed by atoms with Crippen molar-refractivity contribution in [3.8, 4) is 5.75 Å². The Hall–Kier alpha value is -1.75. The van der Waals surface area contributed by atoms with Crippen LogP contribution < -0.4 is 15.0 Å². The summed E-state index contributed by atoms with van der Waals surface area (Å²) in [5, 5.41) is 2.66. The number of anilines is 1. The lowest BCUT2D eigenvalue weighted by Crippen LogP contribution is -2.47. The normalized spacial score (nSPS) is 16.0. The Bertz CT molecular complexity index is 442. The average molecular weight is 277 g/mol. The van der Waals surface area contributed by atoms with Crippen LogP contribution in [0.5, 0.6) is 5.75 Å². The molecule has 0 aromatic heterocycles. The maximum Gasteiger partial charge on any atom is 0.221 e. The molecule has 1 saturated heterocycles. The number of amides is 1. The van der Waals surface area contributed by atoms with Gasteiger partial charge in [0.15, 0.2) is 0 Å². The summed E-state index contributed by atoms with van der Waals surface area (Å²) in [5.41, 5.74) is 1.15. The molecule has 1 aromatic rings. The molecular weight excluding hydrogens is 254 g/mol. The SMILES string of the molecule is CNC(=O)CCN1CCN(c2ccccc2OC)CC1. The monoisotopic (exact) mass is 277 g/mol. The van der Waals surface area contributed by atoms with Gasteiger partial charge in [-0.15, -0.1) is 0 Å². The van der Waals surface area contributed by atoms with Crippen LogP contribution in [0.4, 0.5) is 5.69 Å². The number of nitrogens with one attached hydrogen (secondary N) is 1. The van der Waals surface area contributed by atoms with Crippen LogP contribution in [-0.4, -0.2) is 57.7 Å². The third-order valence-electron chi connectivity index (χ3n) is 3.73. The molecule has 0 bridgehead atoms. The molecule has 1 N–H and O–H groups in total. The van der Waals surface area contributed by atoms with E-state index in [9.17, 15) is 4.79 Å². The Morgan fingerprint density at radius 3 is 2.60 bits per heavy atom. The number of rotatable bonds is 5. The molecular formula is C15H23N3O2. The minimum absolute atomic E-state index is 0.108. The number of nitrogens with zero attached hydrogens (tertiary/aromatic N) is 2. The number of carbonyl (C=O) groups excluding carboxylic acids is 1. The van der Waals surface area contributed by atoms with Crippen molar-refractivity contribution in [2.24, 2.45) is 0 Å². The molecule has 0 saturated carbocycles. The number of para-hydroxylation sites is 2. The Labute approximate surface area is 120 Å². The zero-order valence-corrected chi connectivity index (χ0v) is 12.3. The highest BCUT2D eigenvalue weighted by molar-refractivity contribution is 5.75. The minimum Gasteiger partial charge on any atom is -0.495 e. The summed E-state index contributed by atoms with van der Waals surface area (Å²) in [5.74, 6) is 1.03. The molecule has 1 fully saturated rings. The number of piperazine rings is 1. The molecule has 0 atom stereocenters. The van der Waals surface area contributed by atoms with Crippen molar-refractivity contribution < 1.29 is 9.53 Å². The lowest BCUT2D eigenvalue weighted by Gasteiger charge is -2.36. The number of benzene rings is 1. The highest BCUT2D eigenvalue weighted by Gasteiger charge is 2.19. The van der Waals surface area contributed by atoms with Crippen LogP contribution in [0.3, 0.4) is 0 Å². The number of ether oxygens (including phenoxy) is 1. The predicted octanol–water partition coefficient (Wildman–Crippen LogP) is 0.953.